The van der Waals surface area contributed by atoms with E-state index in [9.17, 15) is 9.59 Å². The molecule has 246 valence electrons. The molecule has 0 amide bonds. The normalized spacial score (nSPS) is 12.1. The van der Waals surface area contributed by atoms with Gasteiger partial charge in [-0.3, -0.25) is 0 Å². The third kappa shape index (κ3) is 6.56. The van der Waals surface area contributed by atoms with E-state index in [1.807, 2.05) is 64.3 Å². The SMILES string of the molecule is CCOC(=O)c1ccc2c(c1)c1cc3c4cc(C(=O)OCC)ccc4n(CCN(C)C)c3c(OCCN(C)C)c1n2CCN(C)C. The summed E-state index contributed by atoms with van der Waals surface area (Å²) in [5, 5.41) is 3.88. The highest BCUT2D eigenvalue weighted by atomic mass is 16.5. The standard InChI is InChI=1S/C36H47N5O5/c1-9-44-35(42)24-11-13-30-26(21-24)28-23-29-27-22-25(36(43)45-10-2)12-14-31(27)41(18-16-38(5)6)33(29)34(46-20-19-39(7)8)32(28)40(30)17-15-37(3)4/h11-14,21-23H,9-10,15-20H2,1-8H3. The number of ether oxygens (including phenoxy) is 3. The van der Waals surface area contributed by atoms with Crippen molar-refractivity contribution in [3.05, 3.63) is 53.6 Å². The second-order valence-corrected chi connectivity index (χ2v) is 12.5. The Hall–Kier alpha value is -4.12. The van der Waals surface area contributed by atoms with Gasteiger partial charge in [0.1, 0.15) is 6.61 Å². The van der Waals surface area contributed by atoms with Gasteiger partial charge in [-0.25, -0.2) is 9.59 Å². The van der Waals surface area contributed by atoms with Crippen LogP contribution >= 0.6 is 0 Å². The largest absolute Gasteiger partial charge is 0.488 e. The molecule has 0 unspecified atom stereocenters. The molecule has 0 bridgehead atoms. The van der Waals surface area contributed by atoms with Gasteiger partial charge in [0.25, 0.3) is 0 Å². The van der Waals surface area contributed by atoms with Gasteiger partial charge in [-0.05, 0) is 98.6 Å². The number of likely N-dealkylation sites (N-methyl/N-ethyl adjacent to an activating group) is 3. The van der Waals surface area contributed by atoms with Gasteiger partial charge < -0.3 is 38.0 Å². The number of benzene rings is 3. The highest BCUT2D eigenvalue weighted by Crippen LogP contribution is 2.44. The number of fused-ring (bicyclic) bond motifs is 6. The summed E-state index contributed by atoms with van der Waals surface area (Å²) in [4.78, 5) is 32.2. The first-order valence-electron chi connectivity index (χ1n) is 16.0. The van der Waals surface area contributed by atoms with Crippen molar-refractivity contribution in [1.29, 1.82) is 0 Å². The van der Waals surface area contributed by atoms with Gasteiger partial charge in [0, 0.05) is 65.3 Å². The average Bonchev–Trinajstić information content (AvgIpc) is 3.50. The summed E-state index contributed by atoms with van der Waals surface area (Å²) in [5.74, 6) is 0.109. The topological polar surface area (TPSA) is 81.4 Å². The molecule has 0 spiro atoms. The highest BCUT2D eigenvalue weighted by molar-refractivity contribution is 6.22. The zero-order valence-corrected chi connectivity index (χ0v) is 28.5. The van der Waals surface area contributed by atoms with Crippen LogP contribution in [0, 0.1) is 0 Å². The molecule has 0 saturated carbocycles. The van der Waals surface area contributed by atoms with Crippen molar-refractivity contribution in [2.24, 2.45) is 0 Å². The van der Waals surface area contributed by atoms with Crippen LogP contribution in [0.5, 0.6) is 5.75 Å². The van der Waals surface area contributed by atoms with E-state index >= 15 is 0 Å². The van der Waals surface area contributed by atoms with Crippen LogP contribution in [0.2, 0.25) is 0 Å². The lowest BCUT2D eigenvalue weighted by Gasteiger charge is -2.19. The summed E-state index contributed by atoms with van der Waals surface area (Å²) in [7, 11) is 12.4. The molecule has 10 nitrogen and oxygen atoms in total. The zero-order valence-electron chi connectivity index (χ0n) is 28.5. The van der Waals surface area contributed by atoms with E-state index in [2.05, 4.69) is 58.1 Å². The van der Waals surface area contributed by atoms with Crippen LogP contribution in [-0.4, -0.2) is 118 Å². The van der Waals surface area contributed by atoms with E-state index in [4.69, 9.17) is 14.2 Å². The number of nitrogens with zero attached hydrogens (tertiary/aromatic N) is 5. The summed E-state index contributed by atoms with van der Waals surface area (Å²) in [6.07, 6.45) is 0. The van der Waals surface area contributed by atoms with E-state index in [0.717, 1.165) is 82.1 Å². The summed E-state index contributed by atoms with van der Waals surface area (Å²) < 4.78 is 22.2. The molecule has 0 atom stereocenters. The Balaban J connectivity index is 1.93. The van der Waals surface area contributed by atoms with Crippen LogP contribution in [0.15, 0.2) is 42.5 Å². The van der Waals surface area contributed by atoms with Crippen LogP contribution in [0.1, 0.15) is 34.6 Å². The minimum absolute atomic E-state index is 0.307. The van der Waals surface area contributed by atoms with Crippen LogP contribution in [0.4, 0.5) is 0 Å². The van der Waals surface area contributed by atoms with Crippen LogP contribution in [0.25, 0.3) is 43.6 Å². The molecular weight excluding hydrogens is 582 g/mol. The van der Waals surface area contributed by atoms with Crippen molar-refractivity contribution >= 4 is 55.6 Å². The maximum Gasteiger partial charge on any atom is 0.338 e. The van der Waals surface area contributed by atoms with Gasteiger partial charge in [-0.15, -0.1) is 0 Å². The number of esters is 2. The number of carbonyl (C=O) groups is 2. The lowest BCUT2D eigenvalue weighted by molar-refractivity contribution is 0.0517. The third-order valence-electron chi connectivity index (χ3n) is 8.27. The van der Waals surface area contributed by atoms with Gasteiger partial charge in [0.05, 0.1) is 35.4 Å². The summed E-state index contributed by atoms with van der Waals surface area (Å²) in [5.41, 5.74) is 5.04. The smallest absolute Gasteiger partial charge is 0.338 e. The van der Waals surface area contributed by atoms with Gasteiger partial charge in [0.15, 0.2) is 5.75 Å². The number of rotatable bonds is 14. The molecule has 5 aromatic rings. The monoisotopic (exact) mass is 629 g/mol. The minimum Gasteiger partial charge on any atom is -0.488 e. The predicted molar refractivity (Wildman–Crippen MR) is 186 cm³/mol. The fourth-order valence-corrected chi connectivity index (χ4v) is 6.01. The summed E-state index contributed by atoms with van der Waals surface area (Å²) in [6, 6.07) is 13.8. The fourth-order valence-electron chi connectivity index (χ4n) is 6.01. The Morgan fingerprint density at radius 1 is 0.609 bits per heavy atom. The molecule has 0 radical (unpaired) electrons. The first-order valence-corrected chi connectivity index (χ1v) is 16.0. The number of hydrogen-bond donors (Lipinski definition) is 0. The van der Waals surface area contributed by atoms with Gasteiger partial charge in [-0.2, -0.15) is 0 Å². The lowest BCUT2D eigenvalue weighted by Crippen LogP contribution is -2.21. The van der Waals surface area contributed by atoms with E-state index in [0.29, 0.717) is 30.9 Å². The lowest BCUT2D eigenvalue weighted by atomic mass is 10.0. The second-order valence-electron chi connectivity index (χ2n) is 12.5. The molecule has 0 saturated heterocycles. The summed E-state index contributed by atoms with van der Waals surface area (Å²) >= 11 is 0. The van der Waals surface area contributed by atoms with E-state index < -0.39 is 0 Å². The molecule has 2 heterocycles. The van der Waals surface area contributed by atoms with Crippen molar-refractivity contribution in [3.8, 4) is 5.75 Å². The van der Waals surface area contributed by atoms with E-state index in [1.165, 1.54) is 0 Å². The van der Waals surface area contributed by atoms with Gasteiger partial charge in [0.2, 0.25) is 0 Å². The van der Waals surface area contributed by atoms with Crippen molar-refractivity contribution in [1.82, 2.24) is 23.8 Å². The second kappa shape index (κ2) is 14.1. The van der Waals surface area contributed by atoms with Crippen molar-refractivity contribution in [2.45, 2.75) is 26.9 Å². The van der Waals surface area contributed by atoms with Crippen LogP contribution in [-0.2, 0) is 22.6 Å². The van der Waals surface area contributed by atoms with Crippen molar-refractivity contribution in [2.75, 3.05) is 81.7 Å². The predicted octanol–water partition coefficient (Wildman–Crippen LogP) is 5.32. The Bertz CT molecular complexity index is 1760. The molecule has 0 aliphatic carbocycles. The molecule has 0 aliphatic rings. The molecule has 2 aromatic heterocycles. The summed E-state index contributed by atoms with van der Waals surface area (Å²) in [6.45, 7) is 8.57. The number of aromatic nitrogens is 2. The number of carbonyl (C=O) groups excluding carboxylic acids is 2. The first kappa shape index (κ1) is 33.2. The molecule has 3 aromatic carbocycles. The van der Waals surface area contributed by atoms with Crippen LogP contribution in [0.3, 0.4) is 0 Å². The molecule has 0 fully saturated rings. The van der Waals surface area contributed by atoms with E-state index in [1.54, 1.807) is 0 Å². The van der Waals surface area contributed by atoms with Crippen molar-refractivity contribution in [3.63, 3.8) is 0 Å². The highest BCUT2D eigenvalue weighted by Gasteiger charge is 2.25. The quantitative estimate of drug-likeness (QED) is 0.153. The maximum absolute atomic E-state index is 12.9. The number of hydrogen-bond acceptors (Lipinski definition) is 8. The Labute approximate surface area is 271 Å². The third-order valence-corrected chi connectivity index (χ3v) is 8.27. The Morgan fingerprint density at radius 3 is 1.43 bits per heavy atom. The zero-order chi connectivity index (χ0) is 33.1. The molecule has 10 heteroatoms. The minimum atomic E-state index is -0.346. The Morgan fingerprint density at radius 2 is 1.04 bits per heavy atom. The van der Waals surface area contributed by atoms with Gasteiger partial charge in [-0.1, -0.05) is 0 Å². The average molecular weight is 630 g/mol. The first-order chi connectivity index (χ1) is 22.0. The molecule has 5 rings (SSSR count). The molecule has 46 heavy (non-hydrogen) atoms. The fraction of sp³-hybridized carbons (Fsp3) is 0.444. The van der Waals surface area contributed by atoms with Crippen LogP contribution < -0.4 is 4.74 Å². The molecule has 0 aliphatic heterocycles. The van der Waals surface area contributed by atoms with Gasteiger partial charge >= 0.3 is 11.9 Å². The van der Waals surface area contributed by atoms with E-state index in [-0.39, 0.29) is 11.9 Å². The molecule has 0 N–H and O–H groups in total. The Kier molecular flexibility index (Phi) is 10.2. The maximum atomic E-state index is 12.9. The molecular formula is C36H47N5O5. The van der Waals surface area contributed by atoms with Crippen molar-refractivity contribution < 1.29 is 23.8 Å².